The van der Waals surface area contributed by atoms with E-state index in [1.165, 1.54) is 10.6 Å². The minimum absolute atomic E-state index is 0.0765. The largest absolute Gasteiger partial charge is 0.490 e. The Balaban J connectivity index is 2.04. The maximum atomic E-state index is 12.6. The van der Waals surface area contributed by atoms with Gasteiger partial charge in [0.2, 0.25) is 15.0 Å². The molecule has 3 rings (SSSR count). The lowest BCUT2D eigenvalue weighted by Crippen LogP contribution is -2.11. The van der Waals surface area contributed by atoms with Crippen molar-refractivity contribution in [3.05, 3.63) is 54.4 Å². The van der Waals surface area contributed by atoms with Gasteiger partial charge in [-0.2, -0.15) is 0 Å². The average Bonchev–Trinajstić information content (AvgIpc) is 2.97. The molecule has 8 heteroatoms. The molecule has 3 aromatic rings. The van der Waals surface area contributed by atoms with Crippen LogP contribution in [0.5, 0.6) is 11.5 Å². The van der Waals surface area contributed by atoms with Crippen molar-refractivity contribution in [1.82, 2.24) is 9.38 Å². The number of hydrogen-bond acceptors (Lipinski definition) is 6. The maximum Gasteiger partial charge on any atom is 0.364 e. The third kappa shape index (κ3) is 3.34. The molecule has 0 spiro atoms. The van der Waals surface area contributed by atoms with Crippen LogP contribution in [0.2, 0.25) is 0 Å². The monoisotopic (exact) mass is 360 g/mol. The van der Waals surface area contributed by atoms with Crippen LogP contribution in [0.4, 0.5) is 0 Å². The summed E-state index contributed by atoms with van der Waals surface area (Å²) in [4.78, 5) is 16.6. The zero-order valence-corrected chi connectivity index (χ0v) is 14.5. The number of benzene rings is 1. The molecule has 0 aliphatic carbocycles. The van der Waals surface area contributed by atoms with Crippen LogP contribution in [0.3, 0.4) is 0 Å². The predicted octanol–water partition coefficient (Wildman–Crippen LogP) is 2.36. The highest BCUT2D eigenvalue weighted by molar-refractivity contribution is 7.90. The first-order valence-corrected chi connectivity index (χ1v) is 9.42. The van der Waals surface area contributed by atoms with Gasteiger partial charge in [-0.25, -0.2) is 18.2 Å². The summed E-state index contributed by atoms with van der Waals surface area (Å²) in [5.41, 5.74) is 0.272. The van der Waals surface area contributed by atoms with E-state index in [2.05, 4.69) is 4.98 Å². The van der Waals surface area contributed by atoms with Gasteiger partial charge in [-0.3, -0.25) is 4.40 Å². The summed E-state index contributed by atoms with van der Waals surface area (Å²) >= 11 is 0. The summed E-state index contributed by atoms with van der Waals surface area (Å²) in [6.45, 7) is 2.24. The third-order valence-electron chi connectivity index (χ3n) is 3.39. The topological polar surface area (TPSA) is 87.0 Å². The van der Waals surface area contributed by atoms with Crippen LogP contribution in [0, 0.1) is 0 Å². The Morgan fingerprint density at radius 3 is 2.48 bits per heavy atom. The van der Waals surface area contributed by atoms with Gasteiger partial charge in [0.25, 0.3) is 0 Å². The number of carbonyl (C=O) groups is 1. The molecule has 0 unspecified atom stereocenters. The second-order valence-corrected chi connectivity index (χ2v) is 7.15. The van der Waals surface area contributed by atoms with Crippen LogP contribution in [0.15, 0.2) is 53.8 Å². The highest BCUT2D eigenvalue weighted by Crippen LogP contribution is 2.28. The fourth-order valence-corrected chi connectivity index (χ4v) is 3.15. The van der Waals surface area contributed by atoms with E-state index in [1.54, 1.807) is 42.5 Å². The van der Waals surface area contributed by atoms with Gasteiger partial charge in [0.15, 0.2) is 17.2 Å². The van der Waals surface area contributed by atoms with Crippen LogP contribution < -0.4 is 9.47 Å². The summed E-state index contributed by atoms with van der Waals surface area (Å²) in [6.07, 6.45) is 2.57. The molecular formula is C17H16N2O5S. The molecule has 2 heterocycles. The van der Waals surface area contributed by atoms with E-state index in [1.807, 2.05) is 6.92 Å². The normalized spacial score (nSPS) is 11.4. The van der Waals surface area contributed by atoms with Crippen LogP contribution in [-0.4, -0.2) is 36.6 Å². The second kappa shape index (κ2) is 6.56. The summed E-state index contributed by atoms with van der Waals surface area (Å²) in [6, 6.07) is 11.7. The van der Waals surface area contributed by atoms with Crippen molar-refractivity contribution in [3.8, 4) is 11.5 Å². The number of para-hydroxylation sites is 2. The Morgan fingerprint density at radius 1 is 1.12 bits per heavy atom. The molecule has 130 valence electrons. The molecule has 0 fully saturated rings. The molecule has 7 nitrogen and oxygen atoms in total. The molecule has 0 atom stereocenters. The molecule has 1 aromatic carbocycles. The maximum absolute atomic E-state index is 12.6. The van der Waals surface area contributed by atoms with E-state index in [0.29, 0.717) is 17.9 Å². The van der Waals surface area contributed by atoms with E-state index < -0.39 is 15.8 Å². The molecule has 25 heavy (non-hydrogen) atoms. The second-order valence-electron chi connectivity index (χ2n) is 5.24. The van der Waals surface area contributed by atoms with Gasteiger partial charge >= 0.3 is 5.97 Å². The lowest BCUT2D eigenvalue weighted by Gasteiger charge is -2.09. The molecule has 0 N–H and O–H groups in total. The van der Waals surface area contributed by atoms with Crippen molar-refractivity contribution >= 4 is 21.3 Å². The molecular weight excluding hydrogens is 344 g/mol. The minimum Gasteiger partial charge on any atom is -0.490 e. The number of fused-ring (bicyclic) bond motifs is 1. The van der Waals surface area contributed by atoms with Gasteiger partial charge in [0.05, 0.1) is 12.1 Å². The van der Waals surface area contributed by atoms with Crippen LogP contribution >= 0.6 is 0 Å². The van der Waals surface area contributed by atoms with Crippen molar-refractivity contribution in [2.45, 2.75) is 12.1 Å². The van der Waals surface area contributed by atoms with Gasteiger partial charge < -0.3 is 9.47 Å². The number of nitrogens with zero attached hydrogens (tertiary/aromatic N) is 2. The number of rotatable bonds is 5. The zero-order valence-electron chi connectivity index (χ0n) is 13.7. The molecule has 2 aromatic heterocycles. The quantitative estimate of drug-likeness (QED) is 0.513. The summed E-state index contributed by atoms with van der Waals surface area (Å²) < 4.78 is 36.0. The first-order valence-electron chi connectivity index (χ1n) is 7.53. The lowest BCUT2D eigenvalue weighted by atomic mass is 10.3. The van der Waals surface area contributed by atoms with Crippen molar-refractivity contribution < 1.29 is 22.7 Å². The Morgan fingerprint density at radius 2 is 1.80 bits per heavy atom. The van der Waals surface area contributed by atoms with Gasteiger partial charge in [-0.1, -0.05) is 18.2 Å². The van der Waals surface area contributed by atoms with Crippen LogP contribution in [-0.2, 0) is 9.84 Å². The van der Waals surface area contributed by atoms with Crippen LogP contribution in [0.25, 0.3) is 5.52 Å². The van der Waals surface area contributed by atoms with Gasteiger partial charge in [-0.05, 0) is 31.2 Å². The molecule has 0 saturated heterocycles. The molecule has 0 radical (unpaired) electrons. The Labute approximate surface area is 144 Å². The van der Waals surface area contributed by atoms with Crippen molar-refractivity contribution in [1.29, 1.82) is 0 Å². The fraction of sp³-hybridized carbons (Fsp3) is 0.176. The fourth-order valence-electron chi connectivity index (χ4n) is 2.38. The summed E-state index contributed by atoms with van der Waals surface area (Å²) in [7, 11) is -3.61. The smallest absolute Gasteiger partial charge is 0.364 e. The highest BCUT2D eigenvalue weighted by atomic mass is 32.2. The zero-order chi connectivity index (χ0) is 18.0. The molecule has 0 saturated carbocycles. The van der Waals surface area contributed by atoms with E-state index in [9.17, 15) is 13.2 Å². The van der Waals surface area contributed by atoms with E-state index >= 15 is 0 Å². The number of ether oxygens (including phenoxy) is 2. The van der Waals surface area contributed by atoms with Gasteiger partial charge in [-0.15, -0.1) is 0 Å². The van der Waals surface area contributed by atoms with Crippen molar-refractivity contribution in [2.75, 3.05) is 12.9 Å². The number of hydrogen-bond donors (Lipinski definition) is 0. The van der Waals surface area contributed by atoms with Crippen LogP contribution in [0.1, 0.15) is 17.4 Å². The van der Waals surface area contributed by atoms with Gasteiger partial charge in [0, 0.05) is 12.5 Å². The molecule has 0 bridgehead atoms. The number of aromatic nitrogens is 2. The first-order chi connectivity index (χ1) is 11.9. The van der Waals surface area contributed by atoms with E-state index in [4.69, 9.17) is 9.47 Å². The summed E-state index contributed by atoms with van der Waals surface area (Å²) in [5.74, 6) is -0.0942. The lowest BCUT2D eigenvalue weighted by molar-refractivity contribution is 0.0724. The standard InChI is InChI=1S/C17H16N2O5S/c1-3-23-13-9-4-5-10-14(13)24-16(20)15-12-8-6-7-11-19(12)17(18-15)25(2,21)22/h4-11H,3H2,1-2H3. The SMILES string of the molecule is CCOc1ccccc1OC(=O)c1nc(S(C)(=O)=O)n2ccccc12. The molecule has 0 aliphatic rings. The van der Waals surface area contributed by atoms with E-state index in [0.717, 1.165) is 6.26 Å². The van der Waals surface area contributed by atoms with Gasteiger partial charge in [0.1, 0.15) is 0 Å². The Hall–Kier alpha value is -2.87. The number of carbonyl (C=O) groups excluding carboxylic acids is 1. The Bertz CT molecular complexity index is 1040. The summed E-state index contributed by atoms with van der Waals surface area (Å²) in [5, 5.41) is -0.215. The number of esters is 1. The number of pyridine rings is 1. The van der Waals surface area contributed by atoms with E-state index in [-0.39, 0.29) is 16.6 Å². The molecule has 0 amide bonds. The Kier molecular flexibility index (Phi) is 4.45. The first kappa shape index (κ1) is 17.0. The number of imidazole rings is 1. The third-order valence-corrected chi connectivity index (χ3v) is 4.34. The van der Waals surface area contributed by atoms with Crippen molar-refractivity contribution in [3.63, 3.8) is 0 Å². The molecule has 0 aliphatic heterocycles. The highest BCUT2D eigenvalue weighted by Gasteiger charge is 2.24. The average molecular weight is 360 g/mol. The number of sulfone groups is 1. The minimum atomic E-state index is -3.61. The predicted molar refractivity (Wildman–Crippen MR) is 90.9 cm³/mol. The van der Waals surface area contributed by atoms with Crippen molar-refractivity contribution in [2.24, 2.45) is 0 Å².